The van der Waals surface area contributed by atoms with Gasteiger partial charge >= 0.3 is 0 Å². The Bertz CT molecular complexity index is 1060. The standard InChI is InChI=1S/C20H20FN7O2/c21-14-1-3-15(4-2-14)25-20-16(19(23)29)11-28(26-20)17-5-7-27(10-13(17)9-22)12-18-24-6-8-30-18/h1-4,6,8,11,13,17H,5,7,10,12H2,(H2,23,29)(H,25,26). The van der Waals surface area contributed by atoms with E-state index in [2.05, 4.69) is 26.4 Å². The van der Waals surface area contributed by atoms with Gasteiger partial charge in [0.25, 0.3) is 5.91 Å². The minimum Gasteiger partial charge on any atom is -0.448 e. The molecular formula is C20H20FN7O2. The summed E-state index contributed by atoms with van der Waals surface area (Å²) in [6.07, 6.45) is 5.34. The fourth-order valence-corrected chi connectivity index (χ4v) is 3.62. The second-order valence-corrected chi connectivity index (χ2v) is 7.12. The van der Waals surface area contributed by atoms with Crippen LogP contribution in [0.3, 0.4) is 0 Å². The molecule has 10 heteroatoms. The van der Waals surface area contributed by atoms with E-state index in [0.717, 1.165) is 6.54 Å². The van der Waals surface area contributed by atoms with E-state index in [1.54, 1.807) is 29.2 Å². The Morgan fingerprint density at radius 2 is 2.20 bits per heavy atom. The summed E-state index contributed by atoms with van der Waals surface area (Å²) in [6.45, 7) is 1.77. The number of amides is 1. The number of nitriles is 1. The van der Waals surface area contributed by atoms with Gasteiger partial charge in [0.2, 0.25) is 5.89 Å². The zero-order chi connectivity index (χ0) is 21.1. The number of piperidine rings is 1. The zero-order valence-electron chi connectivity index (χ0n) is 16.0. The SMILES string of the molecule is N#CC1CN(Cc2ncco2)CCC1n1cc(C(N)=O)c(Nc2ccc(F)cc2)n1. The zero-order valence-corrected chi connectivity index (χ0v) is 16.0. The molecule has 4 rings (SSSR count). The Morgan fingerprint density at radius 3 is 2.87 bits per heavy atom. The molecule has 1 fully saturated rings. The number of carbonyl (C=O) groups is 1. The fourth-order valence-electron chi connectivity index (χ4n) is 3.62. The van der Waals surface area contributed by atoms with Crippen molar-refractivity contribution >= 4 is 17.4 Å². The summed E-state index contributed by atoms with van der Waals surface area (Å²) in [5.41, 5.74) is 6.30. The third-order valence-corrected chi connectivity index (χ3v) is 5.11. The second kappa shape index (κ2) is 8.34. The van der Waals surface area contributed by atoms with Crippen molar-refractivity contribution in [3.63, 3.8) is 0 Å². The molecule has 154 valence electrons. The maximum Gasteiger partial charge on any atom is 0.254 e. The average molecular weight is 409 g/mol. The molecule has 3 N–H and O–H groups in total. The van der Waals surface area contributed by atoms with Crippen LogP contribution >= 0.6 is 0 Å². The predicted octanol–water partition coefficient (Wildman–Crippen LogP) is 2.44. The minimum atomic E-state index is -0.638. The van der Waals surface area contributed by atoms with E-state index in [-0.39, 0.29) is 29.2 Å². The molecule has 30 heavy (non-hydrogen) atoms. The Morgan fingerprint density at radius 1 is 1.40 bits per heavy atom. The number of nitrogens with one attached hydrogen (secondary N) is 1. The van der Waals surface area contributed by atoms with Crippen LogP contribution in [0.15, 0.2) is 47.3 Å². The van der Waals surface area contributed by atoms with E-state index in [4.69, 9.17) is 10.2 Å². The number of hydrogen-bond acceptors (Lipinski definition) is 7. The first-order valence-electron chi connectivity index (χ1n) is 9.45. The molecule has 1 amide bonds. The van der Waals surface area contributed by atoms with E-state index >= 15 is 0 Å². The van der Waals surface area contributed by atoms with Crippen LogP contribution < -0.4 is 11.1 Å². The highest BCUT2D eigenvalue weighted by atomic mass is 19.1. The van der Waals surface area contributed by atoms with Crippen LogP contribution in [0.25, 0.3) is 0 Å². The summed E-state index contributed by atoms with van der Waals surface area (Å²) in [5, 5.41) is 17.2. The second-order valence-electron chi connectivity index (χ2n) is 7.12. The van der Waals surface area contributed by atoms with Gasteiger partial charge < -0.3 is 15.5 Å². The molecular weight excluding hydrogens is 389 g/mol. The van der Waals surface area contributed by atoms with Crippen LogP contribution in [0.2, 0.25) is 0 Å². The topological polar surface area (TPSA) is 126 Å². The number of rotatable bonds is 6. The van der Waals surface area contributed by atoms with Crippen LogP contribution in [0.5, 0.6) is 0 Å². The molecule has 1 aliphatic rings. The lowest BCUT2D eigenvalue weighted by atomic mass is 9.93. The monoisotopic (exact) mass is 409 g/mol. The van der Waals surface area contributed by atoms with E-state index < -0.39 is 5.91 Å². The Balaban J connectivity index is 1.53. The molecule has 9 nitrogen and oxygen atoms in total. The van der Waals surface area contributed by atoms with Gasteiger partial charge in [-0.15, -0.1) is 0 Å². The number of primary amides is 1. The molecule has 1 aliphatic heterocycles. The maximum absolute atomic E-state index is 13.1. The van der Waals surface area contributed by atoms with Crippen molar-refractivity contribution in [1.82, 2.24) is 19.7 Å². The van der Waals surface area contributed by atoms with Gasteiger partial charge in [-0.1, -0.05) is 0 Å². The first-order valence-corrected chi connectivity index (χ1v) is 9.45. The van der Waals surface area contributed by atoms with Crippen molar-refractivity contribution in [3.8, 4) is 6.07 Å². The Kier molecular flexibility index (Phi) is 5.45. The number of carbonyl (C=O) groups excluding carboxylic acids is 1. The molecule has 1 saturated heterocycles. The maximum atomic E-state index is 13.1. The number of hydrogen-bond donors (Lipinski definition) is 2. The van der Waals surface area contributed by atoms with Crippen molar-refractivity contribution in [2.45, 2.75) is 19.0 Å². The third kappa shape index (κ3) is 4.16. The van der Waals surface area contributed by atoms with E-state index in [9.17, 15) is 14.4 Å². The lowest BCUT2D eigenvalue weighted by molar-refractivity contribution is 0.1000. The molecule has 0 aliphatic carbocycles. The molecule has 1 aromatic carbocycles. The van der Waals surface area contributed by atoms with E-state index in [0.29, 0.717) is 31.1 Å². The highest BCUT2D eigenvalue weighted by Gasteiger charge is 2.32. The molecule has 2 unspecified atom stereocenters. The molecule has 2 aromatic heterocycles. The molecule has 3 aromatic rings. The number of nitrogens with two attached hydrogens (primary N) is 1. The number of likely N-dealkylation sites (tertiary alicyclic amines) is 1. The van der Waals surface area contributed by atoms with Crippen molar-refractivity contribution in [2.24, 2.45) is 11.7 Å². The summed E-state index contributed by atoms with van der Waals surface area (Å²) in [4.78, 5) is 18.2. The van der Waals surface area contributed by atoms with Gasteiger partial charge in [-0.05, 0) is 30.7 Å². The van der Waals surface area contributed by atoms with Gasteiger partial charge in [0.1, 0.15) is 17.6 Å². The number of oxazole rings is 1. The summed E-state index contributed by atoms with van der Waals surface area (Å²) in [7, 11) is 0. The van der Waals surface area contributed by atoms with Gasteiger partial charge in [-0.25, -0.2) is 9.37 Å². The summed E-state index contributed by atoms with van der Waals surface area (Å²) in [5.74, 6) is -0.470. The van der Waals surface area contributed by atoms with Gasteiger partial charge in [0, 0.05) is 25.0 Å². The summed E-state index contributed by atoms with van der Waals surface area (Å²) in [6, 6.07) is 7.82. The number of benzene rings is 1. The number of aromatic nitrogens is 3. The number of nitrogens with zero attached hydrogens (tertiary/aromatic N) is 5. The van der Waals surface area contributed by atoms with Crippen LogP contribution in [0, 0.1) is 23.1 Å². The van der Waals surface area contributed by atoms with Gasteiger partial charge in [0.15, 0.2) is 5.82 Å². The fraction of sp³-hybridized carbons (Fsp3) is 0.300. The Hall–Kier alpha value is -3.71. The normalized spacial score (nSPS) is 19.3. The summed E-state index contributed by atoms with van der Waals surface area (Å²) < 4.78 is 20.1. The first kappa shape index (κ1) is 19.6. The predicted molar refractivity (Wildman–Crippen MR) is 105 cm³/mol. The highest BCUT2D eigenvalue weighted by Crippen LogP contribution is 2.30. The number of anilines is 2. The molecule has 3 heterocycles. The first-order chi connectivity index (χ1) is 14.5. The number of halogens is 1. The van der Waals surface area contributed by atoms with Crippen LogP contribution in [-0.4, -0.2) is 38.7 Å². The largest absolute Gasteiger partial charge is 0.448 e. The smallest absolute Gasteiger partial charge is 0.254 e. The van der Waals surface area contributed by atoms with Crippen molar-refractivity contribution in [3.05, 3.63) is 60.2 Å². The van der Waals surface area contributed by atoms with E-state index in [1.165, 1.54) is 18.4 Å². The quantitative estimate of drug-likeness (QED) is 0.640. The Labute approximate surface area is 171 Å². The van der Waals surface area contributed by atoms with E-state index in [1.807, 2.05) is 0 Å². The van der Waals surface area contributed by atoms with Gasteiger partial charge in [-0.2, -0.15) is 10.4 Å². The van der Waals surface area contributed by atoms with Crippen LogP contribution in [-0.2, 0) is 6.54 Å². The van der Waals surface area contributed by atoms with Crippen LogP contribution in [0.4, 0.5) is 15.9 Å². The molecule has 2 atom stereocenters. The van der Waals surface area contributed by atoms with Gasteiger partial charge in [-0.3, -0.25) is 14.4 Å². The van der Waals surface area contributed by atoms with Gasteiger partial charge in [0.05, 0.1) is 30.8 Å². The third-order valence-electron chi connectivity index (χ3n) is 5.11. The molecule has 0 spiro atoms. The highest BCUT2D eigenvalue weighted by molar-refractivity contribution is 5.98. The lowest BCUT2D eigenvalue weighted by Crippen LogP contribution is -2.40. The molecule has 0 saturated carbocycles. The van der Waals surface area contributed by atoms with Crippen molar-refractivity contribution < 1.29 is 13.6 Å². The average Bonchev–Trinajstić information content (AvgIpc) is 3.39. The van der Waals surface area contributed by atoms with Crippen molar-refractivity contribution in [1.29, 1.82) is 5.26 Å². The molecule has 0 bridgehead atoms. The van der Waals surface area contributed by atoms with Crippen LogP contribution in [0.1, 0.15) is 28.7 Å². The summed E-state index contributed by atoms with van der Waals surface area (Å²) >= 11 is 0. The molecule has 0 radical (unpaired) electrons. The van der Waals surface area contributed by atoms with Crippen molar-refractivity contribution in [2.75, 3.05) is 18.4 Å². The lowest BCUT2D eigenvalue weighted by Gasteiger charge is -2.34. The minimum absolute atomic E-state index is 0.207.